The Balaban J connectivity index is 1.46. The first kappa shape index (κ1) is 29.7. The minimum Gasteiger partial charge on any atom is -0.469 e. The molecule has 0 aliphatic rings. The van der Waals surface area contributed by atoms with Crippen LogP contribution in [0.5, 0.6) is 0 Å². The van der Waals surface area contributed by atoms with Crippen molar-refractivity contribution in [2.75, 3.05) is 30.6 Å². The number of carbonyl (C=O) groups excluding carboxylic acids is 3. The number of aliphatic imine (C=N–C) groups is 1. The lowest BCUT2D eigenvalue weighted by molar-refractivity contribution is -0.143. The second-order valence-corrected chi connectivity index (χ2v) is 9.23. The normalized spacial score (nSPS) is 11.3. The molecule has 1 amide bonds. The number of hydrogen-bond donors (Lipinski definition) is 2. The Morgan fingerprint density at radius 3 is 2.50 bits per heavy atom. The minimum absolute atomic E-state index is 0.0369. The van der Waals surface area contributed by atoms with E-state index in [1.807, 2.05) is 41.9 Å². The van der Waals surface area contributed by atoms with Crippen molar-refractivity contribution in [1.82, 2.24) is 14.5 Å². The highest BCUT2D eigenvalue weighted by Gasteiger charge is 2.21. The minimum atomic E-state index is -0.415. The third-order valence-electron chi connectivity index (χ3n) is 6.54. The smallest absolute Gasteiger partial charge is 0.307 e. The van der Waals surface area contributed by atoms with Gasteiger partial charge in [0.2, 0.25) is 0 Å². The molecule has 0 saturated heterocycles. The number of anilines is 2. The summed E-state index contributed by atoms with van der Waals surface area (Å²) in [6, 6.07) is 18.0. The second-order valence-electron chi connectivity index (χ2n) is 9.23. The highest BCUT2D eigenvalue weighted by atomic mass is 16.5. The number of amidine groups is 1. The maximum absolute atomic E-state index is 13.5. The van der Waals surface area contributed by atoms with Gasteiger partial charge in [0.1, 0.15) is 17.5 Å². The van der Waals surface area contributed by atoms with Crippen LogP contribution in [0.4, 0.5) is 11.5 Å². The molecule has 0 aliphatic heterocycles. The van der Waals surface area contributed by atoms with Crippen molar-refractivity contribution in [3.05, 3.63) is 83.8 Å². The molecule has 0 saturated carbocycles. The fourth-order valence-electron chi connectivity index (χ4n) is 4.14. The number of benzene rings is 2. The molecule has 42 heavy (non-hydrogen) atoms. The summed E-state index contributed by atoms with van der Waals surface area (Å²) in [4.78, 5) is 51.1. The van der Waals surface area contributed by atoms with Gasteiger partial charge in [-0.2, -0.15) is 0 Å². The molecular formula is C30H33N7O5. The number of nitrogens with one attached hydrogen (secondary N) is 1. The van der Waals surface area contributed by atoms with E-state index in [0.29, 0.717) is 29.0 Å². The first-order valence-corrected chi connectivity index (χ1v) is 13.4. The fraction of sp³-hybridized carbons (Fsp3) is 0.267. The summed E-state index contributed by atoms with van der Waals surface area (Å²) in [7, 11) is 3.23. The van der Waals surface area contributed by atoms with Gasteiger partial charge in [0.25, 0.3) is 5.91 Å². The van der Waals surface area contributed by atoms with Crippen LogP contribution in [0, 0.1) is 0 Å². The van der Waals surface area contributed by atoms with Gasteiger partial charge in [0.05, 0.1) is 31.1 Å². The number of aromatic nitrogens is 3. The lowest BCUT2D eigenvalue weighted by atomic mass is 10.1. The molecule has 2 aromatic carbocycles. The first-order chi connectivity index (χ1) is 20.3. The number of carbonyl (C=O) groups is 3. The number of esters is 2. The molecule has 0 unspecified atom stereocenters. The summed E-state index contributed by atoms with van der Waals surface area (Å²) in [5.41, 5.74) is 9.51. The molecule has 0 atom stereocenters. The first-order valence-electron chi connectivity index (χ1n) is 13.4. The van der Waals surface area contributed by atoms with Gasteiger partial charge in [-0.3, -0.25) is 19.3 Å². The van der Waals surface area contributed by atoms with Gasteiger partial charge >= 0.3 is 11.9 Å². The molecule has 2 heterocycles. The number of fused-ring (bicyclic) bond motifs is 1. The van der Waals surface area contributed by atoms with Crippen molar-refractivity contribution in [2.45, 2.75) is 26.3 Å². The van der Waals surface area contributed by atoms with Gasteiger partial charge < -0.3 is 25.1 Å². The number of imidazole rings is 1. The Kier molecular flexibility index (Phi) is 9.82. The van der Waals surface area contributed by atoms with Gasteiger partial charge in [-0.05, 0) is 54.6 Å². The van der Waals surface area contributed by atoms with E-state index >= 15 is 0 Å². The van der Waals surface area contributed by atoms with Crippen LogP contribution in [0.2, 0.25) is 0 Å². The van der Waals surface area contributed by atoms with Crippen LogP contribution in [0.3, 0.4) is 0 Å². The molecule has 2 aromatic heterocycles. The highest BCUT2D eigenvalue weighted by molar-refractivity contribution is 6.07. The van der Waals surface area contributed by atoms with Crippen molar-refractivity contribution >= 4 is 46.2 Å². The number of aryl methyl sites for hydroxylation is 1. The molecular weight excluding hydrogens is 538 g/mol. The van der Waals surface area contributed by atoms with Crippen LogP contribution in [-0.4, -0.2) is 58.6 Å². The van der Waals surface area contributed by atoms with Crippen LogP contribution in [0.15, 0.2) is 71.9 Å². The lowest BCUT2D eigenvalue weighted by Gasteiger charge is -2.21. The predicted molar refractivity (Wildman–Crippen MR) is 159 cm³/mol. The Labute approximate surface area is 243 Å². The summed E-state index contributed by atoms with van der Waals surface area (Å²) in [5, 5.41) is 3.34. The number of methoxy groups -OCH3 is 1. The van der Waals surface area contributed by atoms with E-state index < -0.39 is 5.97 Å². The standard InChI is InChI=1S/C30H33N7O5/c1-4-27(38)42-19-34-29(31)20-8-11-22(12-9-20)33-18-26-35-23-17-21(10-13-24(23)36(26)2)30(40)37(16-14-28(39)41-3)25-7-5-6-15-32-25/h5-13,15,17,33H,4,14,16,18-19H2,1-3H3,(H2,31,34). The monoisotopic (exact) mass is 571 g/mol. The number of hydrogen-bond acceptors (Lipinski definition) is 9. The second kappa shape index (κ2) is 13.9. The number of nitrogens with two attached hydrogens (primary N) is 1. The summed E-state index contributed by atoms with van der Waals surface area (Å²) < 4.78 is 11.6. The Morgan fingerprint density at radius 1 is 1.05 bits per heavy atom. The molecule has 0 spiro atoms. The zero-order valence-corrected chi connectivity index (χ0v) is 23.7. The van der Waals surface area contributed by atoms with Gasteiger partial charge in [0, 0.05) is 43.0 Å². The molecule has 0 fully saturated rings. The van der Waals surface area contributed by atoms with E-state index in [2.05, 4.69) is 15.3 Å². The fourth-order valence-corrected chi connectivity index (χ4v) is 4.14. The topological polar surface area (TPSA) is 154 Å². The van der Waals surface area contributed by atoms with Crippen molar-refractivity contribution in [3.8, 4) is 0 Å². The van der Waals surface area contributed by atoms with Crippen molar-refractivity contribution in [2.24, 2.45) is 17.8 Å². The maximum atomic E-state index is 13.5. The third-order valence-corrected chi connectivity index (χ3v) is 6.54. The van der Waals surface area contributed by atoms with Crippen LogP contribution in [0.25, 0.3) is 11.0 Å². The van der Waals surface area contributed by atoms with E-state index in [1.165, 1.54) is 12.0 Å². The molecule has 0 radical (unpaired) electrons. The Hall–Kier alpha value is -5.26. The average Bonchev–Trinajstić information content (AvgIpc) is 3.34. The summed E-state index contributed by atoms with van der Waals surface area (Å²) in [6.07, 6.45) is 1.91. The van der Waals surface area contributed by atoms with E-state index in [4.69, 9.17) is 20.2 Å². The number of pyridine rings is 1. The molecule has 12 nitrogen and oxygen atoms in total. The van der Waals surface area contributed by atoms with Crippen LogP contribution < -0.4 is 16.0 Å². The molecule has 12 heteroatoms. The van der Waals surface area contributed by atoms with Gasteiger partial charge in [-0.15, -0.1) is 0 Å². The van der Waals surface area contributed by atoms with E-state index in [9.17, 15) is 14.4 Å². The lowest BCUT2D eigenvalue weighted by Crippen LogP contribution is -2.33. The molecule has 218 valence electrons. The predicted octanol–water partition coefficient (Wildman–Crippen LogP) is 3.41. The van der Waals surface area contributed by atoms with Gasteiger partial charge in [0.15, 0.2) is 6.73 Å². The van der Waals surface area contributed by atoms with Crippen LogP contribution in [0.1, 0.15) is 41.5 Å². The maximum Gasteiger partial charge on any atom is 0.307 e. The molecule has 3 N–H and O–H groups in total. The molecule has 4 rings (SSSR count). The van der Waals surface area contributed by atoms with Crippen molar-refractivity contribution < 1.29 is 23.9 Å². The quantitative estimate of drug-likeness (QED) is 0.148. The van der Waals surface area contributed by atoms with Crippen molar-refractivity contribution in [3.63, 3.8) is 0 Å². The zero-order chi connectivity index (χ0) is 30.1. The Bertz CT molecular complexity index is 1580. The summed E-state index contributed by atoms with van der Waals surface area (Å²) >= 11 is 0. The number of nitrogens with zero attached hydrogens (tertiary/aromatic N) is 5. The van der Waals surface area contributed by atoms with Gasteiger partial charge in [-0.1, -0.05) is 13.0 Å². The summed E-state index contributed by atoms with van der Waals surface area (Å²) in [5.74, 6) is 0.440. The van der Waals surface area contributed by atoms with E-state index in [0.717, 1.165) is 17.0 Å². The van der Waals surface area contributed by atoms with E-state index in [1.54, 1.807) is 43.5 Å². The van der Waals surface area contributed by atoms with E-state index in [-0.39, 0.29) is 43.8 Å². The van der Waals surface area contributed by atoms with Crippen LogP contribution >= 0.6 is 0 Å². The molecule has 4 aromatic rings. The van der Waals surface area contributed by atoms with Gasteiger partial charge in [-0.25, -0.2) is 15.0 Å². The SMILES string of the molecule is CCC(=O)OC/N=C(\N)c1ccc(NCc2nc3cc(C(=O)N(CCC(=O)OC)c4ccccn4)ccc3n2C)cc1. The zero-order valence-electron chi connectivity index (χ0n) is 23.7. The number of ether oxygens (including phenoxy) is 2. The highest BCUT2D eigenvalue weighted by Crippen LogP contribution is 2.21. The molecule has 0 aliphatic carbocycles. The van der Waals surface area contributed by atoms with Crippen molar-refractivity contribution in [1.29, 1.82) is 0 Å². The number of rotatable bonds is 12. The average molecular weight is 572 g/mol. The third kappa shape index (κ3) is 7.27. The largest absolute Gasteiger partial charge is 0.469 e. The summed E-state index contributed by atoms with van der Waals surface area (Å²) in [6.45, 7) is 2.15. The van der Waals surface area contributed by atoms with Crippen LogP contribution in [-0.2, 0) is 32.7 Å². The molecule has 0 bridgehead atoms. The number of amides is 1. The Morgan fingerprint density at radius 2 is 1.81 bits per heavy atom.